The molecule has 0 fully saturated rings. The summed E-state index contributed by atoms with van der Waals surface area (Å²) < 4.78 is 1.64. The maximum Gasteiger partial charge on any atom is 0.253 e. The number of carbonyl (C=O) groups excluding carboxylic acids is 1. The van der Waals surface area contributed by atoms with Crippen LogP contribution in [0.5, 0.6) is 0 Å². The molecule has 25 heavy (non-hydrogen) atoms. The third-order valence-corrected chi connectivity index (χ3v) is 4.68. The van der Waals surface area contributed by atoms with Gasteiger partial charge in [0.25, 0.3) is 5.91 Å². The lowest BCUT2D eigenvalue weighted by Gasteiger charge is -2.06. The summed E-state index contributed by atoms with van der Waals surface area (Å²) in [5.74, 6) is 0.281. The van der Waals surface area contributed by atoms with E-state index in [1.165, 1.54) is 0 Å². The summed E-state index contributed by atoms with van der Waals surface area (Å²) in [7, 11) is 0. The summed E-state index contributed by atoms with van der Waals surface area (Å²) in [5, 5.41) is 20.0. The minimum atomic E-state index is -0.267. The third kappa shape index (κ3) is 3.11. The molecule has 0 saturated heterocycles. The standard InChI is InChI=1S/C17H12ClN5OS/c18-13-4-2-1-3-12(13)17(24)19-9-16-21-20-15-6-5-14(22-23(15)16)11-7-8-25-10-11/h1-8,10H,9H2,(H,19,24). The number of carbonyl (C=O) groups is 1. The highest BCUT2D eigenvalue weighted by Crippen LogP contribution is 2.20. The second kappa shape index (κ2) is 6.62. The van der Waals surface area contributed by atoms with Crippen LogP contribution in [0.2, 0.25) is 5.02 Å². The fraction of sp³-hybridized carbons (Fsp3) is 0.0588. The molecule has 1 N–H and O–H groups in total. The van der Waals surface area contributed by atoms with Crippen LogP contribution in [0.1, 0.15) is 16.2 Å². The van der Waals surface area contributed by atoms with Gasteiger partial charge in [-0.1, -0.05) is 23.7 Å². The number of rotatable bonds is 4. The first kappa shape index (κ1) is 15.7. The molecule has 0 saturated carbocycles. The Morgan fingerprint density at radius 2 is 2.04 bits per heavy atom. The maximum atomic E-state index is 12.3. The Kier molecular flexibility index (Phi) is 4.17. The number of nitrogens with one attached hydrogen (secondary N) is 1. The van der Waals surface area contributed by atoms with Crippen LogP contribution in [0.25, 0.3) is 16.9 Å². The molecule has 0 radical (unpaired) electrons. The molecule has 6 nitrogen and oxygen atoms in total. The van der Waals surface area contributed by atoms with E-state index in [2.05, 4.69) is 20.6 Å². The minimum Gasteiger partial charge on any atom is -0.345 e. The molecule has 0 aliphatic carbocycles. The Balaban J connectivity index is 1.58. The molecule has 4 aromatic rings. The summed E-state index contributed by atoms with van der Waals surface area (Å²) in [6, 6.07) is 12.7. The number of thiophene rings is 1. The van der Waals surface area contributed by atoms with Crippen LogP contribution < -0.4 is 5.32 Å². The van der Waals surface area contributed by atoms with E-state index in [0.717, 1.165) is 11.3 Å². The number of aromatic nitrogens is 4. The third-order valence-electron chi connectivity index (χ3n) is 3.67. The van der Waals surface area contributed by atoms with Crippen LogP contribution in [0.4, 0.5) is 0 Å². The Bertz CT molecular complexity index is 1040. The molecule has 0 aliphatic rings. The lowest BCUT2D eigenvalue weighted by atomic mass is 10.2. The van der Waals surface area contributed by atoms with Crippen LogP contribution in [-0.4, -0.2) is 25.7 Å². The minimum absolute atomic E-state index is 0.200. The van der Waals surface area contributed by atoms with E-state index in [-0.39, 0.29) is 12.5 Å². The highest BCUT2D eigenvalue weighted by Gasteiger charge is 2.13. The van der Waals surface area contributed by atoms with Crippen LogP contribution in [-0.2, 0) is 6.54 Å². The van der Waals surface area contributed by atoms with Gasteiger partial charge in [0, 0.05) is 10.9 Å². The fourth-order valence-corrected chi connectivity index (χ4v) is 3.28. The largest absolute Gasteiger partial charge is 0.345 e. The first-order chi connectivity index (χ1) is 12.2. The molecule has 3 heterocycles. The number of hydrogen-bond acceptors (Lipinski definition) is 5. The zero-order chi connectivity index (χ0) is 17.2. The van der Waals surface area contributed by atoms with E-state index in [0.29, 0.717) is 22.1 Å². The number of amides is 1. The molecule has 3 aromatic heterocycles. The molecule has 0 spiro atoms. The van der Waals surface area contributed by atoms with Gasteiger partial charge in [0.15, 0.2) is 11.5 Å². The fourth-order valence-electron chi connectivity index (χ4n) is 2.41. The molecule has 0 aliphatic heterocycles. The molecular formula is C17H12ClN5OS. The summed E-state index contributed by atoms with van der Waals surface area (Å²) in [4.78, 5) is 12.3. The van der Waals surface area contributed by atoms with Gasteiger partial charge in [-0.25, -0.2) is 0 Å². The van der Waals surface area contributed by atoms with Crippen molar-refractivity contribution in [2.45, 2.75) is 6.54 Å². The van der Waals surface area contributed by atoms with Gasteiger partial charge in [-0.3, -0.25) is 4.79 Å². The summed E-state index contributed by atoms with van der Waals surface area (Å²) in [5.41, 5.74) is 2.91. The van der Waals surface area contributed by atoms with E-state index >= 15 is 0 Å². The summed E-state index contributed by atoms with van der Waals surface area (Å²) in [6.45, 7) is 0.200. The van der Waals surface area contributed by atoms with Crippen molar-refractivity contribution in [2.75, 3.05) is 0 Å². The first-order valence-corrected chi connectivity index (χ1v) is 8.81. The lowest BCUT2D eigenvalue weighted by molar-refractivity contribution is 0.0950. The van der Waals surface area contributed by atoms with Gasteiger partial charge in [0.1, 0.15) is 0 Å². The van der Waals surface area contributed by atoms with Gasteiger partial charge in [-0.15, -0.1) is 10.2 Å². The predicted molar refractivity (Wildman–Crippen MR) is 96.7 cm³/mol. The van der Waals surface area contributed by atoms with Crippen molar-refractivity contribution in [3.05, 3.63) is 69.6 Å². The molecule has 0 bridgehead atoms. The molecule has 1 aromatic carbocycles. The predicted octanol–water partition coefficient (Wildman–Crippen LogP) is 3.44. The zero-order valence-electron chi connectivity index (χ0n) is 12.9. The monoisotopic (exact) mass is 369 g/mol. The van der Waals surface area contributed by atoms with E-state index in [1.54, 1.807) is 40.1 Å². The number of nitrogens with zero attached hydrogens (tertiary/aromatic N) is 4. The average Bonchev–Trinajstić information content (AvgIpc) is 3.29. The number of fused-ring (bicyclic) bond motifs is 1. The van der Waals surface area contributed by atoms with Crippen molar-refractivity contribution < 1.29 is 4.79 Å². The topological polar surface area (TPSA) is 72.2 Å². The van der Waals surface area contributed by atoms with Crippen molar-refractivity contribution in [3.63, 3.8) is 0 Å². The summed E-state index contributed by atoms with van der Waals surface area (Å²) in [6.07, 6.45) is 0. The highest BCUT2D eigenvalue weighted by molar-refractivity contribution is 7.08. The van der Waals surface area contributed by atoms with Gasteiger partial charge in [-0.05, 0) is 35.7 Å². The SMILES string of the molecule is O=C(NCc1nnc2ccc(-c3ccsc3)nn12)c1ccccc1Cl. The lowest BCUT2D eigenvalue weighted by Crippen LogP contribution is -2.24. The number of hydrogen-bond donors (Lipinski definition) is 1. The van der Waals surface area contributed by atoms with Gasteiger partial charge in [0.2, 0.25) is 0 Å². The average molecular weight is 370 g/mol. The van der Waals surface area contributed by atoms with Crippen LogP contribution in [0, 0.1) is 0 Å². The number of halogens is 1. The Morgan fingerprint density at radius 1 is 1.16 bits per heavy atom. The Hall–Kier alpha value is -2.77. The Labute approximate surface area is 152 Å². The molecular weight excluding hydrogens is 358 g/mol. The van der Waals surface area contributed by atoms with Gasteiger partial charge in [-0.2, -0.15) is 21.0 Å². The quantitative estimate of drug-likeness (QED) is 0.598. The van der Waals surface area contributed by atoms with Crippen LogP contribution >= 0.6 is 22.9 Å². The second-order valence-electron chi connectivity index (χ2n) is 5.28. The summed E-state index contributed by atoms with van der Waals surface area (Å²) >= 11 is 7.66. The molecule has 1 amide bonds. The molecule has 0 atom stereocenters. The van der Waals surface area contributed by atoms with Crippen molar-refractivity contribution >= 4 is 34.5 Å². The van der Waals surface area contributed by atoms with E-state index in [1.807, 2.05) is 29.0 Å². The van der Waals surface area contributed by atoms with Gasteiger partial charge < -0.3 is 5.32 Å². The van der Waals surface area contributed by atoms with E-state index < -0.39 is 0 Å². The van der Waals surface area contributed by atoms with E-state index in [4.69, 9.17) is 11.6 Å². The van der Waals surface area contributed by atoms with Crippen LogP contribution in [0.3, 0.4) is 0 Å². The highest BCUT2D eigenvalue weighted by atomic mass is 35.5. The zero-order valence-corrected chi connectivity index (χ0v) is 14.5. The van der Waals surface area contributed by atoms with Crippen molar-refractivity contribution in [1.82, 2.24) is 25.1 Å². The van der Waals surface area contributed by atoms with E-state index in [9.17, 15) is 4.79 Å². The molecule has 0 unspecified atom stereocenters. The molecule has 8 heteroatoms. The Morgan fingerprint density at radius 3 is 2.84 bits per heavy atom. The first-order valence-electron chi connectivity index (χ1n) is 7.49. The normalized spacial score (nSPS) is 10.9. The van der Waals surface area contributed by atoms with Crippen molar-refractivity contribution in [3.8, 4) is 11.3 Å². The second-order valence-corrected chi connectivity index (χ2v) is 6.47. The van der Waals surface area contributed by atoms with Gasteiger partial charge >= 0.3 is 0 Å². The molecule has 4 rings (SSSR count). The van der Waals surface area contributed by atoms with Crippen molar-refractivity contribution in [1.29, 1.82) is 0 Å². The number of benzene rings is 1. The van der Waals surface area contributed by atoms with Crippen molar-refractivity contribution in [2.24, 2.45) is 0 Å². The molecule has 124 valence electrons. The maximum absolute atomic E-state index is 12.3. The van der Waals surface area contributed by atoms with Crippen LogP contribution in [0.15, 0.2) is 53.2 Å². The van der Waals surface area contributed by atoms with Gasteiger partial charge in [0.05, 0.1) is 22.8 Å². The smallest absolute Gasteiger partial charge is 0.253 e.